The first-order valence-corrected chi connectivity index (χ1v) is 6.97. The largest absolute Gasteiger partial charge is 0.390 e. The van der Waals surface area contributed by atoms with Gasteiger partial charge in [0.25, 0.3) is 0 Å². The highest BCUT2D eigenvalue weighted by Gasteiger charge is 2.31. The Balaban J connectivity index is 1.87. The molecule has 0 spiro atoms. The lowest BCUT2D eigenvalue weighted by atomic mass is 10.1. The Morgan fingerprint density at radius 3 is 2.89 bits per heavy atom. The summed E-state index contributed by atoms with van der Waals surface area (Å²) >= 11 is 0. The molecule has 0 heterocycles. The summed E-state index contributed by atoms with van der Waals surface area (Å²) in [6.07, 6.45) is 3.41. The lowest BCUT2D eigenvalue weighted by molar-refractivity contribution is -0.122. The molecule has 1 aromatic rings. The van der Waals surface area contributed by atoms with Crippen molar-refractivity contribution < 1.29 is 9.90 Å². The van der Waals surface area contributed by atoms with Crippen LogP contribution in [-0.4, -0.2) is 23.7 Å². The van der Waals surface area contributed by atoms with E-state index in [0.717, 1.165) is 30.4 Å². The lowest BCUT2D eigenvalue weighted by Gasteiger charge is -2.17. The molecule has 1 aliphatic carbocycles. The Bertz CT molecular complexity index is 434. The molecule has 1 aromatic carbocycles. The van der Waals surface area contributed by atoms with E-state index in [-0.39, 0.29) is 11.9 Å². The second-order valence-corrected chi connectivity index (χ2v) is 5.11. The summed E-state index contributed by atoms with van der Waals surface area (Å²) in [5, 5.41) is 13.0. The molecule has 0 unspecified atom stereocenters. The molecule has 0 saturated heterocycles. The Hall–Kier alpha value is -1.39. The second kappa shape index (κ2) is 6.68. The van der Waals surface area contributed by atoms with Crippen molar-refractivity contribution in [2.24, 2.45) is 5.73 Å². The first-order valence-electron chi connectivity index (χ1n) is 6.97. The van der Waals surface area contributed by atoms with Gasteiger partial charge in [0.15, 0.2) is 0 Å². The van der Waals surface area contributed by atoms with Gasteiger partial charge < -0.3 is 16.2 Å². The zero-order valence-corrected chi connectivity index (χ0v) is 11.1. The van der Waals surface area contributed by atoms with Gasteiger partial charge in [0.2, 0.25) is 5.91 Å². The number of rotatable bonds is 6. The molecular weight excluding hydrogens is 240 g/mol. The number of carbonyl (C=O) groups excluding carboxylic acids is 1. The van der Waals surface area contributed by atoms with Crippen LogP contribution in [0.1, 0.15) is 42.9 Å². The van der Waals surface area contributed by atoms with E-state index in [4.69, 9.17) is 5.73 Å². The maximum absolute atomic E-state index is 11.9. The summed E-state index contributed by atoms with van der Waals surface area (Å²) in [4.78, 5) is 11.9. The third-order valence-corrected chi connectivity index (χ3v) is 3.63. The van der Waals surface area contributed by atoms with Crippen molar-refractivity contribution in [2.45, 2.75) is 44.2 Å². The average Bonchev–Trinajstić information content (AvgIpc) is 2.72. The first kappa shape index (κ1) is 14.0. The van der Waals surface area contributed by atoms with Gasteiger partial charge >= 0.3 is 0 Å². The van der Waals surface area contributed by atoms with Gasteiger partial charge in [0.1, 0.15) is 0 Å². The molecule has 4 heteroatoms. The van der Waals surface area contributed by atoms with Crippen molar-refractivity contribution >= 4 is 5.91 Å². The van der Waals surface area contributed by atoms with Crippen molar-refractivity contribution in [1.29, 1.82) is 0 Å². The summed E-state index contributed by atoms with van der Waals surface area (Å²) in [5.41, 5.74) is 7.59. The molecule has 1 amide bonds. The summed E-state index contributed by atoms with van der Waals surface area (Å²) in [6.45, 7) is 0.677. The van der Waals surface area contributed by atoms with Crippen LogP contribution in [0.3, 0.4) is 0 Å². The third-order valence-electron chi connectivity index (χ3n) is 3.63. The molecule has 19 heavy (non-hydrogen) atoms. The minimum Gasteiger partial charge on any atom is -0.390 e. The zero-order valence-electron chi connectivity index (χ0n) is 11.1. The van der Waals surface area contributed by atoms with Crippen molar-refractivity contribution in [1.82, 2.24) is 5.32 Å². The molecule has 4 nitrogen and oxygen atoms in total. The fraction of sp³-hybridized carbons (Fsp3) is 0.533. The van der Waals surface area contributed by atoms with E-state index in [1.165, 1.54) is 0 Å². The highest BCUT2D eigenvalue weighted by Crippen LogP contribution is 2.31. The molecule has 0 bridgehead atoms. The van der Waals surface area contributed by atoms with E-state index in [1.807, 2.05) is 24.3 Å². The number of hydrogen-bond donors (Lipinski definition) is 3. The zero-order chi connectivity index (χ0) is 13.7. The number of carbonyl (C=O) groups is 1. The summed E-state index contributed by atoms with van der Waals surface area (Å²) in [5.74, 6) is 0.0118. The Labute approximate surface area is 114 Å². The molecule has 0 aliphatic heterocycles. The summed E-state index contributed by atoms with van der Waals surface area (Å²) < 4.78 is 0. The van der Waals surface area contributed by atoms with Gasteiger partial charge in [-0.15, -0.1) is 0 Å². The molecule has 4 N–H and O–H groups in total. The second-order valence-electron chi connectivity index (χ2n) is 5.11. The Morgan fingerprint density at radius 1 is 1.32 bits per heavy atom. The van der Waals surface area contributed by atoms with Gasteiger partial charge in [-0.1, -0.05) is 30.7 Å². The topological polar surface area (TPSA) is 75.4 Å². The van der Waals surface area contributed by atoms with Crippen LogP contribution in [0, 0.1) is 0 Å². The standard InChI is InChI=1S/C15H22N2O2/c16-9-5-1-2-8-14(19)17-15-12-7-4-3-6-11(12)10-13(15)18/h3-4,6-7,13,15,18H,1-2,5,8-10,16H2,(H,17,19)/t13-,15+/m0/s1. The average molecular weight is 262 g/mol. The quantitative estimate of drug-likeness (QED) is 0.676. The van der Waals surface area contributed by atoms with Crippen LogP contribution in [0.4, 0.5) is 0 Å². The molecule has 104 valence electrons. The number of nitrogens with one attached hydrogen (secondary N) is 1. The third kappa shape index (κ3) is 3.55. The van der Waals surface area contributed by atoms with E-state index < -0.39 is 6.10 Å². The van der Waals surface area contributed by atoms with Crippen molar-refractivity contribution in [3.8, 4) is 0 Å². The number of hydrogen-bond acceptors (Lipinski definition) is 3. The molecule has 2 atom stereocenters. The minimum absolute atomic E-state index is 0.0118. The SMILES string of the molecule is NCCCCCC(=O)N[C@@H]1c2ccccc2C[C@@H]1O. The van der Waals surface area contributed by atoms with Crippen molar-refractivity contribution in [2.75, 3.05) is 6.54 Å². The Morgan fingerprint density at radius 2 is 2.11 bits per heavy atom. The maximum atomic E-state index is 11.9. The fourth-order valence-corrected chi connectivity index (χ4v) is 2.60. The van der Waals surface area contributed by atoms with Gasteiger partial charge in [-0.2, -0.15) is 0 Å². The highest BCUT2D eigenvalue weighted by atomic mass is 16.3. The molecule has 0 radical (unpaired) electrons. The summed E-state index contributed by atoms with van der Waals surface area (Å²) in [6, 6.07) is 7.63. The molecule has 0 aromatic heterocycles. The normalized spacial score (nSPS) is 21.2. The lowest BCUT2D eigenvalue weighted by Crippen LogP contribution is -2.33. The predicted octanol–water partition coefficient (Wildman–Crippen LogP) is 1.28. The van der Waals surface area contributed by atoms with E-state index in [1.54, 1.807) is 0 Å². The number of benzene rings is 1. The molecule has 2 rings (SSSR count). The van der Waals surface area contributed by atoms with Crippen LogP contribution < -0.4 is 11.1 Å². The number of nitrogens with two attached hydrogens (primary N) is 1. The van der Waals surface area contributed by atoms with E-state index in [9.17, 15) is 9.90 Å². The molecule has 0 fully saturated rings. The molecule has 1 aliphatic rings. The minimum atomic E-state index is -0.509. The van der Waals surface area contributed by atoms with E-state index >= 15 is 0 Å². The highest BCUT2D eigenvalue weighted by molar-refractivity contribution is 5.76. The number of unbranched alkanes of at least 4 members (excludes halogenated alkanes) is 2. The van der Waals surface area contributed by atoms with Crippen LogP contribution in [0.5, 0.6) is 0 Å². The van der Waals surface area contributed by atoms with Gasteiger partial charge in [-0.3, -0.25) is 4.79 Å². The van der Waals surface area contributed by atoms with Crippen LogP contribution in [0.2, 0.25) is 0 Å². The molecular formula is C15H22N2O2. The number of amides is 1. The van der Waals surface area contributed by atoms with Gasteiger partial charge in [-0.25, -0.2) is 0 Å². The van der Waals surface area contributed by atoms with E-state index in [0.29, 0.717) is 19.4 Å². The first-order chi connectivity index (χ1) is 9.22. The number of aliphatic hydroxyl groups is 1. The fourth-order valence-electron chi connectivity index (χ4n) is 2.60. The van der Waals surface area contributed by atoms with Gasteiger partial charge in [-0.05, 0) is 30.5 Å². The number of aliphatic hydroxyl groups excluding tert-OH is 1. The monoisotopic (exact) mass is 262 g/mol. The summed E-state index contributed by atoms with van der Waals surface area (Å²) in [7, 11) is 0. The Kier molecular flexibility index (Phi) is 4.93. The smallest absolute Gasteiger partial charge is 0.220 e. The predicted molar refractivity (Wildman–Crippen MR) is 74.6 cm³/mol. The van der Waals surface area contributed by atoms with Gasteiger partial charge in [0.05, 0.1) is 12.1 Å². The number of fused-ring (bicyclic) bond motifs is 1. The van der Waals surface area contributed by atoms with E-state index in [2.05, 4.69) is 5.32 Å². The van der Waals surface area contributed by atoms with Gasteiger partial charge in [0, 0.05) is 12.8 Å². The van der Waals surface area contributed by atoms with Crippen molar-refractivity contribution in [3.05, 3.63) is 35.4 Å². The van der Waals surface area contributed by atoms with Crippen LogP contribution >= 0.6 is 0 Å². The van der Waals surface area contributed by atoms with Crippen LogP contribution in [0.15, 0.2) is 24.3 Å². The van der Waals surface area contributed by atoms with Crippen LogP contribution in [-0.2, 0) is 11.2 Å². The van der Waals surface area contributed by atoms with Crippen LogP contribution in [0.25, 0.3) is 0 Å². The maximum Gasteiger partial charge on any atom is 0.220 e. The molecule has 0 saturated carbocycles. The van der Waals surface area contributed by atoms with Crippen molar-refractivity contribution in [3.63, 3.8) is 0 Å².